The van der Waals surface area contributed by atoms with Crippen molar-refractivity contribution in [3.8, 4) is 0 Å². The van der Waals surface area contributed by atoms with Crippen LogP contribution in [-0.4, -0.2) is 40.1 Å². The predicted molar refractivity (Wildman–Crippen MR) is 76.0 cm³/mol. The second kappa shape index (κ2) is 5.50. The molecule has 1 saturated heterocycles. The fraction of sp³-hybridized carbons (Fsp3) is 0.667. The Labute approximate surface area is 124 Å². The van der Waals surface area contributed by atoms with Crippen LogP contribution >= 0.6 is 0 Å². The molecule has 0 spiro atoms. The molecule has 1 unspecified atom stereocenters. The Morgan fingerprint density at radius 2 is 2.05 bits per heavy atom. The largest absolute Gasteiger partial charge is 0.481 e. The van der Waals surface area contributed by atoms with E-state index in [9.17, 15) is 14.7 Å². The van der Waals surface area contributed by atoms with Gasteiger partial charge in [0.15, 0.2) is 5.69 Å². The van der Waals surface area contributed by atoms with Crippen LogP contribution in [0.2, 0.25) is 0 Å². The third kappa shape index (κ3) is 2.66. The van der Waals surface area contributed by atoms with Crippen LogP contribution in [0.3, 0.4) is 0 Å². The van der Waals surface area contributed by atoms with Gasteiger partial charge in [0.05, 0.1) is 5.41 Å². The summed E-state index contributed by atoms with van der Waals surface area (Å²) in [6.07, 6.45) is 0.473. The first-order valence-corrected chi connectivity index (χ1v) is 7.27. The first kappa shape index (κ1) is 15.5. The zero-order valence-corrected chi connectivity index (χ0v) is 12.9. The molecule has 1 atom stereocenters. The number of likely N-dealkylation sites (tertiary alicyclic amines) is 1. The normalized spacial score (nSPS) is 22.3. The van der Waals surface area contributed by atoms with Crippen LogP contribution in [0.25, 0.3) is 0 Å². The van der Waals surface area contributed by atoms with Gasteiger partial charge >= 0.3 is 5.97 Å². The van der Waals surface area contributed by atoms with Crippen molar-refractivity contribution in [1.29, 1.82) is 0 Å². The lowest BCUT2D eigenvalue weighted by atomic mass is 9.76. The summed E-state index contributed by atoms with van der Waals surface area (Å²) in [4.78, 5) is 25.6. The molecular formula is C15H22N2O4. The maximum atomic E-state index is 12.4. The minimum Gasteiger partial charge on any atom is -0.481 e. The second-order valence-electron chi connectivity index (χ2n) is 6.36. The van der Waals surface area contributed by atoms with Gasteiger partial charge in [-0.1, -0.05) is 32.9 Å². The molecule has 2 rings (SSSR count). The molecule has 0 aromatic carbocycles. The van der Waals surface area contributed by atoms with E-state index in [-0.39, 0.29) is 30.0 Å². The molecule has 116 valence electrons. The van der Waals surface area contributed by atoms with Gasteiger partial charge in [-0.3, -0.25) is 9.59 Å². The summed E-state index contributed by atoms with van der Waals surface area (Å²) in [5.74, 6) is -0.307. The summed E-state index contributed by atoms with van der Waals surface area (Å²) in [6, 6.07) is 1.64. The number of nitrogens with zero attached hydrogens (tertiary/aromatic N) is 2. The van der Waals surface area contributed by atoms with Gasteiger partial charge in [-0.05, 0) is 12.3 Å². The monoisotopic (exact) mass is 294 g/mol. The molecule has 2 heterocycles. The molecule has 1 amide bonds. The van der Waals surface area contributed by atoms with Gasteiger partial charge in [0, 0.05) is 25.1 Å². The van der Waals surface area contributed by atoms with Crippen molar-refractivity contribution < 1.29 is 19.2 Å². The van der Waals surface area contributed by atoms with Crippen LogP contribution in [0.5, 0.6) is 0 Å². The maximum absolute atomic E-state index is 12.4. The number of carbonyl (C=O) groups is 2. The third-order valence-corrected chi connectivity index (χ3v) is 4.44. The molecule has 0 bridgehead atoms. The van der Waals surface area contributed by atoms with E-state index < -0.39 is 11.4 Å². The van der Waals surface area contributed by atoms with Crippen molar-refractivity contribution in [2.24, 2.45) is 11.3 Å². The molecule has 1 N–H and O–H groups in total. The van der Waals surface area contributed by atoms with E-state index in [1.807, 2.05) is 27.7 Å². The summed E-state index contributed by atoms with van der Waals surface area (Å²) in [5, 5.41) is 13.3. The number of amides is 1. The van der Waals surface area contributed by atoms with Crippen LogP contribution in [0.4, 0.5) is 0 Å². The van der Waals surface area contributed by atoms with Crippen molar-refractivity contribution in [2.45, 2.75) is 40.0 Å². The number of aliphatic carboxylic acids is 1. The predicted octanol–water partition coefficient (Wildman–Crippen LogP) is 2.37. The smallest absolute Gasteiger partial charge is 0.311 e. The average Bonchev–Trinajstić information content (AvgIpc) is 3.06. The summed E-state index contributed by atoms with van der Waals surface area (Å²) in [5.41, 5.74) is -0.607. The van der Waals surface area contributed by atoms with Crippen LogP contribution in [0.1, 0.15) is 56.3 Å². The molecule has 1 aliphatic rings. The number of hydrogen-bond donors (Lipinski definition) is 1. The van der Waals surface area contributed by atoms with E-state index in [1.165, 1.54) is 0 Å². The average molecular weight is 294 g/mol. The van der Waals surface area contributed by atoms with Crippen LogP contribution in [0, 0.1) is 11.3 Å². The minimum absolute atomic E-state index is 0.0312. The van der Waals surface area contributed by atoms with E-state index in [0.717, 1.165) is 0 Å². The lowest BCUT2D eigenvalue weighted by Crippen LogP contribution is -2.40. The maximum Gasteiger partial charge on any atom is 0.311 e. The van der Waals surface area contributed by atoms with Crippen molar-refractivity contribution in [1.82, 2.24) is 10.1 Å². The van der Waals surface area contributed by atoms with Gasteiger partial charge in [0.25, 0.3) is 5.91 Å². The molecule has 21 heavy (non-hydrogen) atoms. The van der Waals surface area contributed by atoms with Crippen LogP contribution in [0.15, 0.2) is 10.6 Å². The minimum atomic E-state index is -0.861. The SMILES string of the molecule is CC(C)c1cc(C(=O)N2CCC(C(=O)O)(C(C)C)C2)no1. The Kier molecular flexibility index (Phi) is 4.07. The Morgan fingerprint density at radius 1 is 1.38 bits per heavy atom. The van der Waals surface area contributed by atoms with Crippen LogP contribution in [-0.2, 0) is 4.79 Å². The lowest BCUT2D eigenvalue weighted by Gasteiger charge is -2.28. The fourth-order valence-corrected chi connectivity index (χ4v) is 2.72. The summed E-state index contributed by atoms with van der Waals surface area (Å²) >= 11 is 0. The molecule has 0 radical (unpaired) electrons. The van der Waals surface area contributed by atoms with E-state index in [2.05, 4.69) is 5.16 Å². The van der Waals surface area contributed by atoms with E-state index in [1.54, 1.807) is 11.0 Å². The van der Waals surface area contributed by atoms with E-state index in [4.69, 9.17) is 4.52 Å². The van der Waals surface area contributed by atoms with Gasteiger partial charge in [-0.2, -0.15) is 0 Å². The topological polar surface area (TPSA) is 83.6 Å². The summed E-state index contributed by atoms with van der Waals surface area (Å²) in [6.45, 7) is 8.34. The van der Waals surface area contributed by atoms with Crippen molar-refractivity contribution in [3.05, 3.63) is 17.5 Å². The van der Waals surface area contributed by atoms with Gasteiger partial charge in [-0.25, -0.2) is 0 Å². The van der Waals surface area contributed by atoms with Gasteiger partial charge in [0.2, 0.25) is 0 Å². The highest BCUT2D eigenvalue weighted by Gasteiger charge is 2.48. The van der Waals surface area contributed by atoms with E-state index >= 15 is 0 Å². The molecule has 0 saturated carbocycles. The summed E-state index contributed by atoms with van der Waals surface area (Å²) < 4.78 is 5.14. The zero-order chi connectivity index (χ0) is 15.8. The highest BCUT2D eigenvalue weighted by molar-refractivity contribution is 5.93. The number of carbonyl (C=O) groups excluding carboxylic acids is 1. The number of aromatic nitrogens is 1. The Balaban J connectivity index is 2.16. The summed E-state index contributed by atoms with van der Waals surface area (Å²) in [7, 11) is 0. The highest BCUT2D eigenvalue weighted by Crippen LogP contribution is 2.38. The zero-order valence-electron chi connectivity index (χ0n) is 12.9. The number of carboxylic acids is 1. The van der Waals surface area contributed by atoms with Crippen molar-refractivity contribution in [3.63, 3.8) is 0 Å². The molecule has 1 fully saturated rings. The molecule has 1 aromatic heterocycles. The number of rotatable bonds is 4. The van der Waals surface area contributed by atoms with Gasteiger partial charge < -0.3 is 14.5 Å². The first-order valence-electron chi connectivity index (χ1n) is 7.27. The molecule has 6 heteroatoms. The van der Waals surface area contributed by atoms with Gasteiger partial charge in [-0.15, -0.1) is 0 Å². The molecular weight excluding hydrogens is 272 g/mol. The first-order chi connectivity index (χ1) is 9.78. The number of carboxylic acid groups (broad SMARTS) is 1. The molecule has 0 aliphatic carbocycles. The third-order valence-electron chi connectivity index (χ3n) is 4.44. The quantitative estimate of drug-likeness (QED) is 0.921. The second-order valence-corrected chi connectivity index (χ2v) is 6.36. The van der Waals surface area contributed by atoms with Crippen molar-refractivity contribution in [2.75, 3.05) is 13.1 Å². The molecule has 6 nitrogen and oxygen atoms in total. The van der Waals surface area contributed by atoms with Crippen LogP contribution < -0.4 is 0 Å². The Bertz CT molecular complexity index is 550. The standard InChI is InChI=1S/C15H22N2O4/c1-9(2)12-7-11(16-21-12)13(18)17-6-5-15(8-17,10(3)4)14(19)20/h7,9-10H,5-6,8H2,1-4H3,(H,19,20). The lowest BCUT2D eigenvalue weighted by molar-refractivity contribution is -0.150. The van der Waals surface area contributed by atoms with Gasteiger partial charge in [0.1, 0.15) is 5.76 Å². The van der Waals surface area contributed by atoms with Crippen molar-refractivity contribution >= 4 is 11.9 Å². The Hall–Kier alpha value is -1.85. The van der Waals surface area contributed by atoms with E-state index in [0.29, 0.717) is 18.7 Å². The number of hydrogen-bond acceptors (Lipinski definition) is 4. The highest BCUT2D eigenvalue weighted by atomic mass is 16.5. The fourth-order valence-electron chi connectivity index (χ4n) is 2.72. The Morgan fingerprint density at radius 3 is 2.48 bits per heavy atom. The molecule has 1 aromatic rings. The molecule has 1 aliphatic heterocycles.